The van der Waals surface area contributed by atoms with Gasteiger partial charge in [-0.3, -0.25) is 4.68 Å². The molecule has 0 bridgehead atoms. The fourth-order valence-electron chi connectivity index (χ4n) is 4.83. The monoisotopic (exact) mass is 438 g/mol. The van der Waals surface area contributed by atoms with Crippen molar-refractivity contribution in [1.82, 2.24) is 9.78 Å². The maximum atomic E-state index is 11.8. The predicted octanol–water partition coefficient (Wildman–Crippen LogP) is 6.43. The Hall–Kier alpha value is -3.86. The molecule has 0 amide bonds. The Morgan fingerprint density at radius 2 is 1.58 bits per heavy atom. The van der Waals surface area contributed by atoms with Crippen LogP contribution < -0.4 is 0 Å². The number of carboxylic acids is 1. The molecule has 1 aliphatic heterocycles. The Morgan fingerprint density at radius 3 is 2.15 bits per heavy atom. The summed E-state index contributed by atoms with van der Waals surface area (Å²) in [5.41, 5.74) is 6.36. The SMILES string of the molecule is CC(C)(C)[C@@H]1Cn2nc(-c3ccccc3)c(-c3ccccc3)c2-c2cc(O)c(C(=O)O)cc21. The largest absolute Gasteiger partial charge is 0.507 e. The van der Waals surface area contributed by atoms with Crippen LogP contribution in [0.25, 0.3) is 33.6 Å². The van der Waals surface area contributed by atoms with Gasteiger partial charge in [0.1, 0.15) is 17.0 Å². The smallest absolute Gasteiger partial charge is 0.339 e. The summed E-state index contributed by atoms with van der Waals surface area (Å²) in [5, 5.41) is 25.4. The third-order valence-corrected chi connectivity index (χ3v) is 6.49. The molecule has 3 aromatic carbocycles. The highest BCUT2D eigenvalue weighted by Gasteiger charge is 2.37. The average Bonchev–Trinajstić information content (AvgIpc) is 3.18. The fourth-order valence-corrected chi connectivity index (χ4v) is 4.83. The van der Waals surface area contributed by atoms with Gasteiger partial charge in [0.2, 0.25) is 0 Å². The van der Waals surface area contributed by atoms with Gasteiger partial charge >= 0.3 is 5.97 Å². The van der Waals surface area contributed by atoms with Crippen LogP contribution in [0.5, 0.6) is 5.75 Å². The van der Waals surface area contributed by atoms with Crippen molar-refractivity contribution in [2.45, 2.75) is 33.2 Å². The van der Waals surface area contributed by atoms with E-state index in [1.54, 1.807) is 12.1 Å². The maximum absolute atomic E-state index is 11.8. The molecule has 2 heterocycles. The number of aromatic hydroxyl groups is 1. The first-order valence-electron chi connectivity index (χ1n) is 11.1. The summed E-state index contributed by atoms with van der Waals surface area (Å²) >= 11 is 0. The molecule has 5 heteroatoms. The molecule has 0 aliphatic carbocycles. The normalized spacial score (nSPS) is 15.1. The third kappa shape index (κ3) is 3.50. The Morgan fingerprint density at radius 1 is 0.970 bits per heavy atom. The fraction of sp³-hybridized carbons (Fsp3) is 0.214. The maximum Gasteiger partial charge on any atom is 0.339 e. The molecule has 0 fully saturated rings. The lowest BCUT2D eigenvalue weighted by Gasteiger charge is -2.36. The Labute approximate surface area is 193 Å². The van der Waals surface area contributed by atoms with Crippen molar-refractivity contribution in [3.8, 4) is 39.4 Å². The van der Waals surface area contributed by atoms with Crippen LogP contribution in [0.4, 0.5) is 0 Å². The highest BCUT2D eigenvalue weighted by molar-refractivity contribution is 5.96. The topological polar surface area (TPSA) is 75.3 Å². The van der Waals surface area contributed by atoms with E-state index in [0.717, 1.165) is 39.2 Å². The lowest BCUT2D eigenvalue weighted by Crippen LogP contribution is -2.28. The molecule has 2 N–H and O–H groups in total. The first-order chi connectivity index (χ1) is 15.8. The molecule has 1 atom stereocenters. The number of nitrogens with zero attached hydrogens (tertiary/aromatic N) is 2. The number of carboxylic acid groups (broad SMARTS) is 1. The summed E-state index contributed by atoms with van der Waals surface area (Å²) in [6, 6.07) is 23.4. The number of carbonyl (C=O) groups is 1. The van der Waals surface area contributed by atoms with Gasteiger partial charge in [-0.25, -0.2) is 4.79 Å². The summed E-state index contributed by atoms with van der Waals surface area (Å²) in [5.74, 6) is -1.33. The quantitative estimate of drug-likeness (QED) is 0.386. The van der Waals surface area contributed by atoms with Crippen LogP contribution in [0.15, 0.2) is 72.8 Å². The molecular weight excluding hydrogens is 412 g/mol. The lowest BCUT2D eigenvalue weighted by molar-refractivity contribution is 0.0693. The first kappa shape index (κ1) is 21.0. The van der Waals surface area contributed by atoms with Crippen LogP contribution in [-0.4, -0.2) is 26.0 Å². The van der Waals surface area contributed by atoms with E-state index in [1.165, 1.54) is 0 Å². The van der Waals surface area contributed by atoms with Crippen LogP contribution in [0, 0.1) is 5.41 Å². The molecule has 166 valence electrons. The van der Waals surface area contributed by atoms with Crippen molar-refractivity contribution >= 4 is 5.97 Å². The minimum absolute atomic E-state index is 0.0332. The summed E-state index contributed by atoms with van der Waals surface area (Å²) in [6.07, 6.45) is 0. The van der Waals surface area contributed by atoms with Crippen molar-refractivity contribution in [2.24, 2.45) is 5.41 Å². The molecule has 1 aliphatic rings. The van der Waals surface area contributed by atoms with E-state index in [2.05, 4.69) is 32.9 Å². The van der Waals surface area contributed by atoms with Crippen molar-refractivity contribution in [3.63, 3.8) is 0 Å². The van der Waals surface area contributed by atoms with E-state index < -0.39 is 5.97 Å². The number of aromatic carboxylic acids is 1. The van der Waals surface area contributed by atoms with E-state index >= 15 is 0 Å². The minimum atomic E-state index is -1.13. The number of benzene rings is 3. The second-order valence-corrected chi connectivity index (χ2v) is 9.67. The summed E-state index contributed by atoms with van der Waals surface area (Å²) in [4.78, 5) is 11.8. The van der Waals surface area contributed by atoms with Crippen molar-refractivity contribution in [3.05, 3.63) is 83.9 Å². The van der Waals surface area contributed by atoms with Crippen LogP contribution in [-0.2, 0) is 6.54 Å². The number of hydrogen-bond acceptors (Lipinski definition) is 3. The van der Waals surface area contributed by atoms with Gasteiger partial charge in [0.05, 0.1) is 5.69 Å². The molecule has 0 spiro atoms. The summed E-state index contributed by atoms with van der Waals surface area (Å²) in [7, 11) is 0. The number of fused-ring (bicyclic) bond motifs is 3. The zero-order chi connectivity index (χ0) is 23.3. The number of phenols is 1. The second kappa shape index (κ2) is 7.62. The molecule has 0 saturated heterocycles. The predicted molar refractivity (Wildman–Crippen MR) is 129 cm³/mol. The molecule has 33 heavy (non-hydrogen) atoms. The van der Waals surface area contributed by atoms with Crippen molar-refractivity contribution in [2.75, 3.05) is 0 Å². The Kier molecular flexibility index (Phi) is 4.85. The second-order valence-electron chi connectivity index (χ2n) is 9.67. The van der Waals surface area contributed by atoms with Crippen LogP contribution in [0.3, 0.4) is 0 Å². The number of aromatic nitrogens is 2. The van der Waals surface area contributed by atoms with Gasteiger partial charge in [0.25, 0.3) is 0 Å². The molecule has 5 nitrogen and oxygen atoms in total. The standard InChI is InChI=1S/C28H26N2O3/c1-28(2,3)22-16-30-26(20-15-23(31)21(27(32)33)14-19(20)22)24(17-10-6-4-7-11-17)25(29-30)18-12-8-5-9-13-18/h4-15,22,31H,16H2,1-3H3,(H,32,33)/t22-/m1/s1. The average molecular weight is 439 g/mol. The van der Waals surface area contributed by atoms with E-state index in [4.69, 9.17) is 5.10 Å². The van der Waals surface area contributed by atoms with Gasteiger partial charge in [-0.05, 0) is 28.7 Å². The zero-order valence-corrected chi connectivity index (χ0v) is 18.9. The molecule has 0 saturated carbocycles. The van der Waals surface area contributed by atoms with Gasteiger partial charge in [-0.15, -0.1) is 0 Å². The summed E-state index contributed by atoms with van der Waals surface area (Å²) in [6.45, 7) is 7.08. The Balaban J connectivity index is 1.87. The Bertz CT molecular complexity index is 1350. The van der Waals surface area contributed by atoms with Crippen molar-refractivity contribution in [1.29, 1.82) is 0 Å². The van der Waals surface area contributed by atoms with E-state index in [9.17, 15) is 15.0 Å². The molecule has 5 rings (SSSR count). The number of rotatable bonds is 3. The molecule has 0 radical (unpaired) electrons. The van der Waals surface area contributed by atoms with Gasteiger partial charge < -0.3 is 10.2 Å². The van der Waals surface area contributed by atoms with E-state index in [0.29, 0.717) is 6.54 Å². The highest BCUT2D eigenvalue weighted by Crippen LogP contribution is 2.51. The van der Waals surface area contributed by atoms with Gasteiger partial charge in [0, 0.05) is 29.2 Å². The number of hydrogen-bond donors (Lipinski definition) is 2. The molecule has 4 aromatic rings. The lowest BCUT2D eigenvalue weighted by atomic mass is 9.72. The van der Waals surface area contributed by atoms with Crippen molar-refractivity contribution < 1.29 is 15.0 Å². The van der Waals surface area contributed by atoms with E-state index in [-0.39, 0.29) is 22.6 Å². The molecule has 0 unspecified atom stereocenters. The summed E-state index contributed by atoms with van der Waals surface area (Å²) < 4.78 is 2.03. The van der Waals surface area contributed by atoms with Gasteiger partial charge in [-0.1, -0.05) is 81.4 Å². The first-order valence-corrected chi connectivity index (χ1v) is 11.1. The third-order valence-electron chi connectivity index (χ3n) is 6.49. The zero-order valence-electron chi connectivity index (χ0n) is 18.9. The highest BCUT2D eigenvalue weighted by atomic mass is 16.4. The van der Waals surface area contributed by atoms with Crippen LogP contribution in [0.1, 0.15) is 42.6 Å². The molecular formula is C28H26N2O3. The van der Waals surface area contributed by atoms with Crippen LogP contribution >= 0.6 is 0 Å². The van der Waals surface area contributed by atoms with Crippen LogP contribution in [0.2, 0.25) is 0 Å². The molecule has 1 aromatic heterocycles. The van der Waals surface area contributed by atoms with Gasteiger partial charge in [-0.2, -0.15) is 5.10 Å². The minimum Gasteiger partial charge on any atom is -0.507 e. The van der Waals surface area contributed by atoms with Gasteiger partial charge in [0.15, 0.2) is 0 Å². The van der Waals surface area contributed by atoms with E-state index in [1.807, 2.05) is 53.2 Å².